The van der Waals surface area contributed by atoms with Crippen LogP contribution in [0, 0.1) is 12.8 Å². The van der Waals surface area contributed by atoms with Crippen LogP contribution < -0.4 is 5.32 Å². The van der Waals surface area contributed by atoms with E-state index >= 15 is 0 Å². The first kappa shape index (κ1) is 22.5. The zero-order chi connectivity index (χ0) is 21.7. The molecule has 1 aliphatic rings. The molecule has 0 spiro atoms. The lowest BCUT2D eigenvalue weighted by Crippen LogP contribution is -2.36. The normalized spacial score (nSPS) is 14.5. The molecule has 0 unspecified atom stereocenters. The lowest BCUT2D eigenvalue weighted by atomic mass is 9.96. The number of amides is 1. The van der Waals surface area contributed by atoms with Gasteiger partial charge in [-0.3, -0.25) is 4.79 Å². The SMILES string of the molecule is CCCC(CCC)C(=O)Nc1ccc2c(c1)CN(S(=O)(=O)c1ccc(C)cc1)CC2. The summed E-state index contributed by atoms with van der Waals surface area (Å²) in [6, 6.07) is 12.8. The molecule has 0 fully saturated rings. The molecule has 0 saturated carbocycles. The second-order valence-electron chi connectivity index (χ2n) is 8.15. The van der Waals surface area contributed by atoms with E-state index in [2.05, 4.69) is 19.2 Å². The van der Waals surface area contributed by atoms with E-state index < -0.39 is 10.0 Å². The van der Waals surface area contributed by atoms with E-state index in [9.17, 15) is 13.2 Å². The Balaban J connectivity index is 1.77. The van der Waals surface area contributed by atoms with Gasteiger partial charge in [0.05, 0.1) is 4.90 Å². The van der Waals surface area contributed by atoms with Gasteiger partial charge >= 0.3 is 0 Å². The summed E-state index contributed by atoms with van der Waals surface area (Å²) in [6.07, 6.45) is 4.39. The number of benzene rings is 2. The second-order valence-corrected chi connectivity index (χ2v) is 10.1. The number of sulfonamides is 1. The Labute approximate surface area is 180 Å². The summed E-state index contributed by atoms with van der Waals surface area (Å²) in [5.41, 5.74) is 3.87. The number of nitrogens with one attached hydrogen (secondary N) is 1. The van der Waals surface area contributed by atoms with Crippen LogP contribution in [-0.2, 0) is 27.8 Å². The lowest BCUT2D eigenvalue weighted by molar-refractivity contribution is -0.120. The van der Waals surface area contributed by atoms with Crippen LogP contribution >= 0.6 is 0 Å². The number of fused-ring (bicyclic) bond motifs is 1. The second kappa shape index (κ2) is 9.75. The number of hydrogen-bond acceptors (Lipinski definition) is 3. The molecule has 0 aliphatic carbocycles. The third-order valence-corrected chi connectivity index (χ3v) is 7.61. The average Bonchev–Trinajstić information content (AvgIpc) is 2.73. The van der Waals surface area contributed by atoms with Gasteiger partial charge in [-0.1, -0.05) is 50.5 Å². The Hall–Kier alpha value is -2.18. The van der Waals surface area contributed by atoms with Crippen LogP contribution in [-0.4, -0.2) is 25.2 Å². The van der Waals surface area contributed by atoms with Crippen molar-refractivity contribution in [1.29, 1.82) is 0 Å². The molecule has 1 heterocycles. The standard InChI is InChI=1S/C24H32N2O3S/c1-4-6-20(7-5-2)24(27)25-22-11-10-19-14-15-26(17-21(19)16-22)30(28,29)23-12-8-18(3)9-13-23/h8-13,16,20H,4-7,14-15,17H2,1-3H3,(H,25,27). The highest BCUT2D eigenvalue weighted by Crippen LogP contribution is 2.28. The monoisotopic (exact) mass is 428 g/mol. The quantitative estimate of drug-likeness (QED) is 0.650. The Morgan fingerprint density at radius 2 is 1.70 bits per heavy atom. The Kier molecular flexibility index (Phi) is 7.32. The number of aryl methyl sites for hydroxylation is 1. The molecule has 1 amide bonds. The van der Waals surface area contributed by atoms with Crippen LogP contribution in [0.15, 0.2) is 47.4 Å². The first-order valence-corrected chi connectivity index (χ1v) is 12.3. The molecule has 1 aliphatic heterocycles. The van der Waals surface area contributed by atoms with Gasteiger partial charge in [0.2, 0.25) is 15.9 Å². The summed E-state index contributed by atoms with van der Waals surface area (Å²) < 4.78 is 27.7. The number of carbonyl (C=O) groups excluding carboxylic acids is 1. The fraction of sp³-hybridized carbons (Fsp3) is 0.458. The third-order valence-electron chi connectivity index (χ3n) is 5.75. The average molecular weight is 429 g/mol. The number of nitrogens with zero attached hydrogens (tertiary/aromatic N) is 1. The minimum absolute atomic E-state index is 0.0226. The molecule has 0 saturated heterocycles. The molecule has 6 heteroatoms. The van der Waals surface area contributed by atoms with E-state index in [-0.39, 0.29) is 11.8 Å². The molecule has 0 aromatic heterocycles. The smallest absolute Gasteiger partial charge is 0.243 e. The van der Waals surface area contributed by atoms with Crippen LogP contribution in [0.3, 0.4) is 0 Å². The van der Waals surface area contributed by atoms with Gasteiger partial charge in [0.1, 0.15) is 0 Å². The van der Waals surface area contributed by atoms with Crippen molar-refractivity contribution in [3.8, 4) is 0 Å². The van der Waals surface area contributed by atoms with Gasteiger partial charge in [-0.15, -0.1) is 0 Å². The van der Waals surface area contributed by atoms with Crippen molar-refractivity contribution in [2.75, 3.05) is 11.9 Å². The Morgan fingerprint density at radius 1 is 1.03 bits per heavy atom. The molecular formula is C24H32N2O3S. The lowest BCUT2D eigenvalue weighted by Gasteiger charge is -2.28. The van der Waals surface area contributed by atoms with Crippen molar-refractivity contribution in [3.05, 3.63) is 59.2 Å². The predicted octanol–water partition coefficient (Wildman–Crippen LogP) is 4.90. The summed E-state index contributed by atoms with van der Waals surface area (Å²) >= 11 is 0. The van der Waals surface area contributed by atoms with Gasteiger partial charge in [0.15, 0.2) is 0 Å². The number of hydrogen-bond donors (Lipinski definition) is 1. The molecule has 162 valence electrons. The maximum Gasteiger partial charge on any atom is 0.243 e. The van der Waals surface area contributed by atoms with Crippen LogP contribution in [0.2, 0.25) is 0 Å². The fourth-order valence-electron chi connectivity index (χ4n) is 4.02. The molecule has 2 aromatic carbocycles. The molecule has 3 rings (SSSR count). The summed E-state index contributed by atoms with van der Waals surface area (Å²) in [6.45, 7) is 6.91. The topological polar surface area (TPSA) is 66.5 Å². The van der Waals surface area contributed by atoms with Crippen LogP contribution in [0.5, 0.6) is 0 Å². The maximum absolute atomic E-state index is 13.1. The van der Waals surface area contributed by atoms with Crippen molar-refractivity contribution < 1.29 is 13.2 Å². The third kappa shape index (κ3) is 5.10. The van der Waals surface area contributed by atoms with Crippen LogP contribution in [0.4, 0.5) is 5.69 Å². The van der Waals surface area contributed by atoms with Gasteiger partial charge in [-0.25, -0.2) is 8.42 Å². The molecule has 1 N–H and O–H groups in total. The highest BCUT2D eigenvalue weighted by molar-refractivity contribution is 7.89. The van der Waals surface area contributed by atoms with E-state index in [0.717, 1.165) is 48.1 Å². The summed E-state index contributed by atoms with van der Waals surface area (Å²) in [4.78, 5) is 13.0. The van der Waals surface area contributed by atoms with Gasteiger partial charge in [-0.2, -0.15) is 4.31 Å². The number of carbonyl (C=O) groups is 1. The van der Waals surface area contributed by atoms with Crippen LogP contribution in [0.1, 0.15) is 56.2 Å². The van der Waals surface area contributed by atoms with E-state index in [0.29, 0.717) is 24.4 Å². The zero-order valence-corrected chi connectivity index (χ0v) is 19.0. The van der Waals surface area contributed by atoms with E-state index in [1.807, 2.05) is 37.3 Å². The first-order valence-electron chi connectivity index (χ1n) is 10.8. The van der Waals surface area contributed by atoms with Gasteiger partial charge in [0.25, 0.3) is 0 Å². The molecule has 0 bridgehead atoms. The van der Waals surface area contributed by atoms with Crippen molar-refractivity contribution in [1.82, 2.24) is 4.31 Å². The fourth-order valence-corrected chi connectivity index (χ4v) is 5.44. The van der Waals surface area contributed by atoms with E-state index in [4.69, 9.17) is 0 Å². The van der Waals surface area contributed by atoms with Crippen molar-refractivity contribution in [3.63, 3.8) is 0 Å². The highest BCUT2D eigenvalue weighted by Gasteiger charge is 2.28. The minimum Gasteiger partial charge on any atom is -0.326 e. The molecule has 5 nitrogen and oxygen atoms in total. The Bertz CT molecular complexity index is 978. The van der Waals surface area contributed by atoms with Gasteiger partial charge in [-0.05, 0) is 61.6 Å². The Morgan fingerprint density at radius 3 is 2.33 bits per heavy atom. The zero-order valence-electron chi connectivity index (χ0n) is 18.1. The molecule has 2 aromatic rings. The highest BCUT2D eigenvalue weighted by atomic mass is 32.2. The summed E-state index contributed by atoms with van der Waals surface area (Å²) in [7, 11) is -3.54. The van der Waals surface area contributed by atoms with Crippen molar-refractivity contribution in [2.24, 2.45) is 5.92 Å². The van der Waals surface area contributed by atoms with Crippen molar-refractivity contribution in [2.45, 2.75) is 64.3 Å². The molecule has 0 atom stereocenters. The number of anilines is 1. The molecular weight excluding hydrogens is 396 g/mol. The molecule has 30 heavy (non-hydrogen) atoms. The van der Waals surface area contributed by atoms with E-state index in [1.165, 1.54) is 4.31 Å². The van der Waals surface area contributed by atoms with E-state index in [1.54, 1.807) is 12.1 Å². The van der Waals surface area contributed by atoms with Gasteiger partial charge in [0, 0.05) is 24.7 Å². The van der Waals surface area contributed by atoms with Crippen molar-refractivity contribution >= 4 is 21.6 Å². The number of rotatable bonds is 8. The predicted molar refractivity (Wildman–Crippen MR) is 121 cm³/mol. The first-order chi connectivity index (χ1) is 14.3. The largest absolute Gasteiger partial charge is 0.326 e. The summed E-state index contributed by atoms with van der Waals surface area (Å²) in [5, 5.41) is 3.05. The molecule has 0 radical (unpaired) electrons. The van der Waals surface area contributed by atoms with Crippen LogP contribution in [0.25, 0.3) is 0 Å². The van der Waals surface area contributed by atoms with Gasteiger partial charge < -0.3 is 5.32 Å². The minimum atomic E-state index is -3.54. The summed E-state index contributed by atoms with van der Waals surface area (Å²) in [5.74, 6) is 0.0769. The maximum atomic E-state index is 13.1.